The van der Waals surface area contributed by atoms with Gasteiger partial charge in [-0.1, -0.05) is 12.1 Å². The Morgan fingerprint density at radius 3 is 2.39 bits per heavy atom. The van der Waals surface area contributed by atoms with Crippen molar-refractivity contribution in [3.8, 4) is 0 Å². The van der Waals surface area contributed by atoms with Crippen molar-refractivity contribution in [3.63, 3.8) is 0 Å². The SMILES string of the molecule is CC(NC(=O)c1ccc(CN)cc1)c1cc(F)ccc1N1CCN(C)CC1.Cl. The lowest BCUT2D eigenvalue weighted by Crippen LogP contribution is -2.45. The molecule has 0 saturated carbocycles. The Morgan fingerprint density at radius 2 is 1.79 bits per heavy atom. The molecule has 1 aliphatic rings. The molecule has 2 aromatic carbocycles. The Bertz CT molecular complexity index is 791. The summed E-state index contributed by atoms with van der Waals surface area (Å²) < 4.78 is 13.9. The van der Waals surface area contributed by atoms with Gasteiger partial charge in [0.25, 0.3) is 5.91 Å². The van der Waals surface area contributed by atoms with E-state index < -0.39 is 0 Å². The van der Waals surface area contributed by atoms with Gasteiger partial charge in [-0.15, -0.1) is 12.4 Å². The van der Waals surface area contributed by atoms with Crippen LogP contribution in [0.4, 0.5) is 10.1 Å². The first-order valence-corrected chi connectivity index (χ1v) is 9.30. The molecule has 3 N–H and O–H groups in total. The van der Waals surface area contributed by atoms with Gasteiger partial charge in [0, 0.05) is 49.5 Å². The highest BCUT2D eigenvalue weighted by molar-refractivity contribution is 5.94. The molecule has 1 atom stereocenters. The van der Waals surface area contributed by atoms with Gasteiger partial charge in [0.15, 0.2) is 0 Å². The van der Waals surface area contributed by atoms with Crippen LogP contribution in [0.5, 0.6) is 0 Å². The highest BCUT2D eigenvalue weighted by Gasteiger charge is 2.21. The molecule has 1 saturated heterocycles. The molecule has 1 heterocycles. The third-order valence-corrected chi connectivity index (χ3v) is 5.10. The topological polar surface area (TPSA) is 61.6 Å². The normalized spacial score (nSPS) is 15.6. The van der Waals surface area contributed by atoms with Crippen LogP contribution < -0.4 is 16.0 Å². The molecule has 1 fully saturated rings. The number of anilines is 1. The quantitative estimate of drug-likeness (QED) is 0.801. The standard InChI is InChI=1S/C21H27FN4O.ClH/c1-15(24-21(27)17-5-3-16(14-23)4-6-17)19-13-18(22)7-8-20(19)26-11-9-25(2)10-12-26;/h3-8,13,15H,9-12,14,23H2,1-2H3,(H,24,27);1H. The minimum atomic E-state index is -0.308. The summed E-state index contributed by atoms with van der Waals surface area (Å²) in [5.41, 5.74) is 8.92. The highest BCUT2D eigenvalue weighted by atomic mass is 35.5. The molecule has 152 valence electrons. The van der Waals surface area contributed by atoms with Crippen LogP contribution in [0, 0.1) is 5.82 Å². The zero-order valence-electron chi connectivity index (χ0n) is 16.3. The number of hydrogen-bond acceptors (Lipinski definition) is 4. The predicted molar refractivity (Wildman–Crippen MR) is 114 cm³/mol. The third kappa shape index (κ3) is 5.22. The maximum Gasteiger partial charge on any atom is 0.251 e. The molecule has 3 rings (SSSR count). The number of piperazine rings is 1. The van der Waals surface area contributed by atoms with Crippen LogP contribution in [0.15, 0.2) is 42.5 Å². The number of rotatable bonds is 5. The minimum absolute atomic E-state index is 0. The summed E-state index contributed by atoms with van der Waals surface area (Å²) in [7, 11) is 2.10. The number of likely N-dealkylation sites (N-methyl/N-ethyl adjacent to an activating group) is 1. The number of nitrogens with zero attached hydrogens (tertiary/aromatic N) is 2. The van der Waals surface area contributed by atoms with Crippen LogP contribution in [0.3, 0.4) is 0 Å². The lowest BCUT2D eigenvalue weighted by molar-refractivity contribution is 0.0940. The lowest BCUT2D eigenvalue weighted by atomic mass is 10.0. The van der Waals surface area contributed by atoms with Crippen molar-refractivity contribution in [2.45, 2.75) is 19.5 Å². The monoisotopic (exact) mass is 406 g/mol. The van der Waals surface area contributed by atoms with Crippen molar-refractivity contribution >= 4 is 24.0 Å². The number of amides is 1. The summed E-state index contributed by atoms with van der Waals surface area (Å²) in [6, 6.07) is 11.7. The summed E-state index contributed by atoms with van der Waals surface area (Å²) in [5, 5.41) is 2.99. The van der Waals surface area contributed by atoms with E-state index in [9.17, 15) is 9.18 Å². The van der Waals surface area contributed by atoms with Crippen LogP contribution >= 0.6 is 12.4 Å². The van der Waals surface area contributed by atoms with E-state index in [0.717, 1.165) is 43.0 Å². The summed E-state index contributed by atoms with van der Waals surface area (Å²) >= 11 is 0. The second-order valence-corrected chi connectivity index (χ2v) is 7.09. The fraction of sp³-hybridized carbons (Fsp3) is 0.381. The van der Waals surface area contributed by atoms with E-state index in [1.165, 1.54) is 12.1 Å². The number of hydrogen-bond donors (Lipinski definition) is 2. The van der Waals surface area contributed by atoms with E-state index in [1.54, 1.807) is 12.1 Å². The maximum absolute atomic E-state index is 13.9. The van der Waals surface area contributed by atoms with E-state index in [2.05, 4.69) is 22.2 Å². The van der Waals surface area contributed by atoms with E-state index in [-0.39, 0.29) is 30.2 Å². The molecule has 7 heteroatoms. The molecule has 2 aromatic rings. The molecule has 28 heavy (non-hydrogen) atoms. The summed E-state index contributed by atoms with van der Waals surface area (Å²) in [6.07, 6.45) is 0. The Balaban J connectivity index is 0.00000280. The van der Waals surface area contributed by atoms with Crippen molar-refractivity contribution in [2.24, 2.45) is 5.73 Å². The minimum Gasteiger partial charge on any atom is -0.369 e. The van der Waals surface area contributed by atoms with E-state index in [1.807, 2.05) is 25.1 Å². The van der Waals surface area contributed by atoms with E-state index in [4.69, 9.17) is 5.73 Å². The summed E-state index contributed by atoms with van der Waals surface area (Å²) in [4.78, 5) is 17.1. The van der Waals surface area contributed by atoms with Gasteiger partial charge in [-0.05, 0) is 49.9 Å². The fourth-order valence-electron chi connectivity index (χ4n) is 3.36. The molecule has 5 nitrogen and oxygen atoms in total. The first-order valence-electron chi connectivity index (χ1n) is 9.30. The molecule has 0 radical (unpaired) electrons. The molecule has 0 bridgehead atoms. The highest BCUT2D eigenvalue weighted by Crippen LogP contribution is 2.28. The van der Waals surface area contributed by atoms with Crippen molar-refractivity contribution in [1.29, 1.82) is 0 Å². The molecule has 1 aliphatic heterocycles. The Kier molecular flexibility index (Phi) is 7.80. The van der Waals surface area contributed by atoms with Crippen molar-refractivity contribution in [1.82, 2.24) is 10.2 Å². The largest absolute Gasteiger partial charge is 0.369 e. The Labute approximate surface area is 172 Å². The third-order valence-electron chi connectivity index (χ3n) is 5.10. The molecule has 0 spiro atoms. The van der Waals surface area contributed by atoms with Gasteiger partial charge in [0.2, 0.25) is 0 Å². The van der Waals surface area contributed by atoms with Crippen LogP contribution in [0.2, 0.25) is 0 Å². The van der Waals surface area contributed by atoms with Gasteiger partial charge in [-0.2, -0.15) is 0 Å². The Hall–Kier alpha value is -2.15. The number of carbonyl (C=O) groups is 1. The number of carbonyl (C=O) groups excluding carboxylic acids is 1. The summed E-state index contributed by atoms with van der Waals surface area (Å²) in [5.74, 6) is -0.476. The van der Waals surface area contributed by atoms with Gasteiger partial charge in [-0.25, -0.2) is 4.39 Å². The van der Waals surface area contributed by atoms with Gasteiger partial charge < -0.3 is 20.9 Å². The zero-order valence-corrected chi connectivity index (χ0v) is 17.1. The van der Waals surface area contributed by atoms with E-state index in [0.29, 0.717) is 12.1 Å². The number of nitrogens with one attached hydrogen (secondary N) is 1. The lowest BCUT2D eigenvalue weighted by Gasteiger charge is -2.36. The molecule has 0 aliphatic carbocycles. The zero-order chi connectivity index (χ0) is 19.4. The van der Waals surface area contributed by atoms with Crippen LogP contribution in [0.25, 0.3) is 0 Å². The van der Waals surface area contributed by atoms with Gasteiger partial charge in [0.1, 0.15) is 5.82 Å². The maximum atomic E-state index is 13.9. The van der Waals surface area contributed by atoms with Gasteiger partial charge in [0.05, 0.1) is 6.04 Å². The van der Waals surface area contributed by atoms with Crippen molar-refractivity contribution < 1.29 is 9.18 Å². The molecular weight excluding hydrogens is 379 g/mol. The van der Waals surface area contributed by atoms with Gasteiger partial charge in [-0.3, -0.25) is 4.79 Å². The van der Waals surface area contributed by atoms with Crippen molar-refractivity contribution in [2.75, 3.05) is 38.1 Å². The smallest absolute Gasteiger partial charge is 0.251 e. The Morgan fingerprint density at radius 1 is 1.14 bits per heavy atom. The number of benzene rings is 2. The van der Waals surface area contributed by atoms with Crippen LogP contribution in [-0.2, 0) is 6.54 Å². The first-order chi connectivity index (χ1) is 13.0. The van der Waals surface area contributed by atoms with Crippen LogP contribution in [-0.4, -0.2) is 44.0 Å². The van der Waals surface area contributed by atoms with Crippen LogP contribution in [0.1, 0.15) is 34.5 Å². The average Bonchev–Trinajstić information content (AvgIpc) is 2.68. The first kappa shape index (κ1) is 22.1. The van der Waals surface area contributed by atoms with E-state index >= 15 is 0 Å². The fourth-order valence-corrected chi connectivity index (χ4v) is 3.36. The van der Waals surface area contributed by atoms with Crippen molar-refractivity contribution in [3.05, 3.63) is 65.0 Å². The molecule has 1 amide bonds. The molecule has 1 unspecified atom stereocenters. The molecule has 0 aromatic heterocycles. The molecular formula is C21H28ClFN4O. The van der Waals surface area contributed by atoms with Gasteiger partial charge >= 0.3 is 0 Å². The average molecular weight is 407 g/mol. The second kappa shape index (κ2) is 9.87. The number of halogens is 2. The predicted octanol–water partition coefficient (Wildman–Crippen LogP) is 2.95. The number of nitrogens with two attached hydrogens (primary N) is 1. The second-order valence-electron chi connectivity index (χ2n) is 7.09. The summed E-state index contributed by atoms with van der Waals surface area (Å²) in [6.45, 7) is 6.03.